The second-order valence-electron chi connectivity index (χ2n) is 5.94. The van der Waals surface area contributed by atoms with Gasteiger partial charge in [0, 0.05) is 39.3 Å². The zero-order valence-corrected chi connectivity index (χ0v) is 19.3. The van der Waals surface area contributed by atoms with Gasteiger partial charge in [-0.25, -0.2) is 18.6 Å². The maximum absolute atomic E-state index is 8.49. The molecule has 1 saturated heterocycles. The van der Waals surface area contributed by atoms with E-state index in [1.807, 2.05) is 0 Å². The molecule has 0 bridgehead atoms. The summed E-state index contributed by atoms with van der Waals surface area (Å²) in [5.74, 6) is 0. The standard InChI is InChI=1S/C13H30N4.ClHO4.2ClH.Ru/c1-14-6-5-7-15(2)9-11-17(4)13-12-16(3)10-8-14;2-1(3,4)5;;;/h5-13H2,1-4H3;(H,2,3,4,5);2*1H;/q;;;;+3/p-3. The minimum atomic E-state index is -4.94. The van der Waals surface area contributed by atoms with Crippen LogP contribution in [0, 0.1) is 10.2 Å². The minimum absolute atomic E-state index is 0. The molecule has 1 aliphatic heterocycles. The predicted molar refractivity (Wildman–Crippen MR) is 74.6 cm³/mol. The summed E-state index contributed by atoms with van der Waals surface area (Å²) >= 11 is 0. The predicted octanol–water partition coefficient (Wildman–Crippen LogP) is -10.6. The maximum atomic E-state index is 8.49. The molecule has 0 atom stereocenters. The average molecular weight is 514 g/mol. The molecule has 8 nitrogen and oxygen atoms in total. The van der Waals surface area contributed by atoms with Crippen LogP contribution >= 0.6 is 0 Å². The van der Waals surface area contributed by atoms with Gasteiger partial charge in [0.15, 0.2) is 0 Å². The van der Waals surface area contributed by atoms with Gasteiger partial charge < -0.3 is 44.4 Å². The molecule has 0 unspecified atom stereocenters. The molecule has 1 rings (SSSR count). The Morgan fingerprint density at radius 3 is 0.880 bits per heavy atom. The maximum Gasteiger partial charge on any atom is 3.00 e. The van der Waals surface area contributed by atoms with E-state index in [4.69, 9.17) is 18.6 Å². The van der Waals surface area contributed by atoms with E-state index in [1.165, 1.54) is 58.8 Å². The van der Waals surface area contributed by atoms with Crippen molar-refractivity contribution in [2.75, 3.05) is 80.5 Å². The summed E-state index contributed by atoms with van der Waals surface area (Å²) in [5.41, 5.74) is 0. The van der Waals surface area contributed by atoms with Crippen LogP contribution < -0.4 is 43.5 Å². The fourth-order valence-corrected chi connectivity index (χ4v) is 2.08. The fourth-order valence-electron chi connectivity index (χ4n) is 2.08. The van der Waals surface area contributed by atoms with E-state index >= 15 is 0 Å². The Labute approximate surface area is 179 Å². The van der Waals surface area contributed by atoms with Crippen molar-refractivity contribution in [2.45, 2.75) is 6.42 Å². The third-order valence-electron chi connectivity index (χ3n) is 3.67. The summed E-state index contributed by atoms with van der Waals surface area (Å²) in [6.45, 7) is 9.51. The Bertz CT molecular complexity index is 268. The number of hydrogen-bond acceptors (Lipinski definition) is 8. The van der Waals surface area contributed by atoms with E-state index in [0.717, 1.165) is 0 Å². The molecule has 25 heavy (non-hydrogen) atoms. The summed E-state index contributed by atoms with van der Waals surface area (Å²) in [6, 6.07) is 0. The molecule has 1 fully saturated rings. The molecule has 0 N–H and O–H groups in total. The van der Waals surface area contributed by atoms with Crippen molar-refractivity contribution < 1.29 is 73.2 Å². The third-order valence-corrected chi connectivity index (χ3v) is 3.67. The molecule has 0 spiro atoms. The van der Waals surface area contributed by atoms with Gasteiger partial charge >= 0.3 is 19.5 Å². The molecule has 0 aliphatic carbocycles. The first kappa shape index (κ1) is 33.7. The molecule has 0 aromatic heterocycles. The molecule has 0 aromatic carbocycles. The summed E-state index contributed by atoms with van der Waals surface area (Å²) in [5, 5.41) is 0. The Morgan fingerprint density at radius 2 is 0.680 bits per heavy atom. The molecular formula is C13H30Cl3N4O4Ru. The van der Waals surface area contributed by atoms with E-state index < -0.39 is 10.2 Å². The van der Waals surface area contributed by atoms with Crippen molar-refractivity contribution in [3.63, 3.8) is 0 Å². The molecule has 12 heteroatoms. The Balaban J connectivity index is -0.000000244. The van der Waals surface area contributed by atoms with Crippen molar-refractivity contribution in [2.24, 2.45) is 0 Å². The van der Waals surface area contributed by atoms with Crippen LogP contribution in [-0.4, -0.2) is 100 Å². The molecule has 0 saturated carbocycles. The van der Waals surface area contributed by atoms with E-state index in [1.54, 1.807) is 0 Å². The summed E-state index contributed by atoms with van der Waals surface area (Å²) in [7, 11) is 3.99. The van der Waals surface area contributed by atoms with Gasteiger partial charge in [0.2, 0.25) is 0 Å². The summed E-state index contributed by atoms with van der Waals surface area (Å²) in [4.78, 5) is 9.78. The van der Waals surface area contributed by atoms with E-state index in [0.29, 0.717) is 0 Å². The van der Waals surface area contributed by atoms with E-state index in [-0.39, 0.29) is 44.3 Å². The minimum Gasteiger partial charge on any atom is -1.00 e. The quantitative estimate of drug-likeness (QED) is 0.294. The van der Waals surface area contributed by atoms with Crippen LogP contribution in [0.4, 0.5) is 0 Å². The van der Waals surface area contributed by atoms with Gasteiger partial charge in [-0.15, -0.1) is 10.2 Å². The van der Waals surface area contributed by atoms with Crippen LogP contribution in [0.3, 0.4) is 0 Å². The van der Waals surface area contributed by atoms with Crippen LogP contribution in [-0.2, 0) is 19.5 Å². The van der Waals surface area contributed by atoms with Crippen molar-refractivity contribution in [1.29, 1.82) is 0 Å². The molecule has 1 radical (unpaired) electrons. The van der Waals surface area contributed by atoms with Crippen molar-refractivity contribution >= 4 is 0 Å². The first-order chi connectivity index (χ1) is 10.1. The number of hydrogen-bond donors (Lipinski definition) is 0. The van der Waals surface area contributed by atoms with E-state index in [2.05, 4.69) is 47.8 Å². The van der Waals surface area contributed by atoms with Crippen LogP contribution in [0.5, 0.6) is 0 Å². The normalized spacial score (nSPS) is 20.2. The van der Waals surface area contributed by atoms with Crippen LogP contribution in [0.15, 0.2) is 0 Å². The smallest absolute Gasteiger partial charge is 1.00 e. The Morgan fingerprint density at radius 1 is 0.520 bits per heavy atom. The molecular weight excluding hydrogens is 484 g/mol. The first-order valence-electron chi connectivity index (χ1n) is 7.44. The van der Waals surface area contributed by atoms with E-state index in [9.17, 15) is 0 Å². The molecule has 0 amide bonds. The second-order valence-corrected chi connectivity index (χ2v) is 6.70. The molecule has 0 aromatic rings. The fraction of sp³-hybridized carbons (Fsp3) is 1.00. The number of halogens is 3. The number of rotatable bonds is 0. The Kier molecular flexibility index (Phi) is 25.0. The SMILES string of the molecule is CN1CCCN(C)CCN(C)CCN(C)CC1.[Cl-].[Cl-].[O-][Cl+3]([O-])([O-])[O-].[Ru+3]. The topological polar surface area (TPSA) is 105 Å². The molecule has 155 valence electrons. The number of likely N-dealkylation sites (N-methyl/N-ethyl adjacent to an activating group) is 4. The largest absolute Gasteiger partial charge is 3.00 e. The first-order valence-corrected chi connectivity index (χ1v) is 8.67. The summed E-state index contributed by atoms with van der Waals surface area (Å²) < 4.78 is 34.0. The van der Waals surface area contributed by atoms with Crippen molar-refractivity contribution in [3.8, 4) is 0 Å². The van der Waals surface area contributed by atoms with Crippen LogP contribution in [0.1, 0.15) is 6.42 Å². The molecule has 1 heterocycles. The van der Waals surface area contributed by atoms with Crippen molar-refractivity contribution in [1.82, 2.24) is 19.6 Å². The second kappa shape index (κ2) is 18.5. The summed E-state index contributed by atoms with van der Waals surface area (Å²) in [6.07, 6.45) is 1.28. The van der Waals surface area contributed by atoms with Gasteiger partial charge in [0.1, 0.15) is 0 Å². The zero-order valence-electron chi connectivity index (χ0n) is 15.3. The van der Waals surface area contributed by atoms with Crippen molar-refractivity contribution in [3.05, 3.63) is 0 Å². The van der Waals surface area contributed by atoms with Gasteiger partial charge in [-0.3, -0.25) is 0 Å². The van der Waals surface area contributed by atoms with Gasteiger partial charge in [-0.2, -0.15) is 0 Å². The molecule has 1 aliphatic rings. The Hall–Kier alpha value is 1.17. The zero-order chi connectivity index (χ0) is 17.2. The van der Waals surface area contributed by atoms with Crippen LogP contribution in [0.25, 0.3) is 0 Å². The van der Waals surface area contributed by atoms with Gasteiger partial charge in [-0.1, -0.05) is 0 Å². The van der Waals surface area contributed by atoms with Gasteiger partial charge in [-0.05, 0) is 47.7 Å². The van der Waals surface area contributed by atoms with Gasteiger partial charge in [0.25, 0.3) is 0 Å². The monoisotopic (exact) mass is 513 g/mol. The average Bonchev–Trinajstić information content (AvgIpc) is 2.38. The number of nitrogens with zero attached hydrogens (tertiary/aromatic N) is 4. The third kappa shape index (κ3) is 27.5. The van der Waals surface area contributed by atoms with Crippen LogP contribution in [0.2, 0.25) is 0 Å². The van der Waals surface area contributed by atoms with Gasteiger partial charge in [0.05, 0.1) is 0 Å².